The number of para-hydroxylation sites is 3. The molecule has 13 aromatic rings. The van der Waals surface area contributed by atoms with Crippen LogP contribution in [-0.2, 0) is 21.7 Å². The Balaban J connectivity index is 0.000000197. The number of hydrogen-bond donors (Lipinski definition) is 0. The van der Waals surface area contributed by atoms with Gasteiger partial charge in [0.1, 0.15) is 5.52 Å². The van der Waals surface area contributed by atoms with E-state index in [4.69, 9.17) is 8.83 Å². The van der Waals surface area contributed by atoms with Crippen molar-refractivity contribution in [2.24, 2.45) is 0 Å². The number of rotatable bonds is 8. The second-order valence-corrected chi connectivity index (χ2v) is 25.8. The molecule has 4 heterocycles. The van der Waals surface area contributed by atoms with Crippen molar-refractivity contribution in [3.8, 4) is 79.8 Å². The van der Waals surface area contributed by atoms with Gasteiger partial charge in [-0.05, 0) is 93.6 Å². The maximum Gasteiger partial charge on any atom is 0.248 e. The summed E-state index contributed by atoms with van der Waals surface area (Å²) in [5.74, 6) is 5.28. The van der Waals surface area contributed by atoms with Crippen LogP contribution in [0.5, 0.6) is 0 Å². The highest BCUT2D eigenvalue weighted by molar-refractivity contribution is 5.73. The van der Waals surface area contributed by atoms with Gasteiger partial charge in [-0.2, -0.15) is 0 Å². The van der Waals surface area contributed by atoms with E-state index in [2.05, 4.69) is 237 Å². The topological polar surface area (TPSA) is 126 Å². The Morgan fingerprint density at radius 1 is 0.261 bits per heavy atom. The molecule has 9 aromatic carbocycles. The van der Waals surface area contributed by atoms with E-state index in [0.29, 0.717) is 11.8 Å². The Labute approximate surface area is 547 Å². The average Bonchev–Trinajstić information content (AvgIpc) is 1.69. The molecule has 474 valence electrons. The molecule has 0 bridgehead atoms. The molecule has 0 aliphatic heterocycles. The van der Waals surface area contributed by atoms with Gasteiger partial charge in [-0.3, -0.25) is 9.13 Å². The highest BCUT2D eigenvalue weighted by atomic mass is 16.4. The SMILES string of the molecule is C.C.C.C.CC(C)(C)c1ccc(-c2nnc(-c3ccccc3)n2-c2ccccc2)cc1.CC(C)(C)c1ccc(-c2nnc(-c3ccccc3)o2)cc1.CC(C)(C)c1ccc(-n2c(-c3ccccc3)nnc2-c2ccccc2)cc1.CC(C)(C)c1nc2ccccc2o1. The lowest BCUT2D eigenvalue weighted by atomic mass is 9.86. The summed E-state index contributed by atoms with van der Waals surface area (Å²) in [5.41, 5.74) is 14.3. The maximum absolute atomic E-state index is 5.76. The predicted octanol–water partition coefficient (Wildman–Crippen LogP) is 22.2. The van der Waals surface area contributed by atoms with Crippen molar-refractivity contribution in [2.45, 2.75) is 134 Å². The number of oxazole rings is 1. The second-order valence-electron chi connectivity index (χ2n) is 25.8. The van der Waals surface area contributed by atoms with Crippen molar-refractivity contribution < 1.29 is 8.83 Å². The van der Waals surface area contributed by atoms with E-state index in [1.54, 1.807) is 0 Å². The first kappa shape index (κ1) is 71.0. The van der Waals surface area contributed by atoms with Gasteiger partial charge < -0.3 is 8.83 Å². The van der Waals surface area contributed by atoms with Gasteiger partial charge in [-0.25, -0.2) is 4.98 Å². The number of nitrogens with zero attached hydrogens (tertiary/aromatic N) is 9. The standard InChI is InChI=1S/2C24H23N3.C18H18N2O.C11H13NO.4CH4/c1-24(2,3)20-16-14-19(15-17-20)23-26-25-22(18-10-6-4-7-11-18)27(23)21-12-8-5-9-13-21;1-24(2,3)20-14-16-21(17-15-20)27-22(18-10-6-4-7-11-18)25-26-23(27)19-12-8-5-9-13-19;1-18(2,3)15-11-9-14(10-12-15)17-20-19-16(21-17)13-7-5-4-6-8-13;1-11(2,3)10-12-8-6-4-5-7-9(8)13-10;;;;/h2*4-17H,1-3H3;4-12H,1-3H3;4-7H,1-3H3;4*1H4. The van der Waals surface area contributed by atoms with Gasteiger partial charge in [0.05, 0.1) is 0 Å². The van der Waals surface area contributed by atoms with E-state index in [1.165, 1.54) is 16.7 Å². The van der Waals surface area contributed by atoms with Gasteiger partial charge in [0.2, 0.25) is 17.7 Å². The molecule has 0 N–H and O–H groups in total. The van der Waals surface area contributed by atoms with Crippen LogP contribution >= 0.6 is 0 Å². The third kappa shape index (κ3) is 17.2. The summed E-state index contributed by atoms with van der Waals surface area (Å²) >= 11 is 0. The zero-order valence-electron chi connectivity index (χ0n) is 52.5. The largest absolute Gasteiger partial charge is 0.440 e. The summed E-state index contributed by atoms with van der Waals surface area (Å²) in [4.78, 5) is 4.42. The molecule has 0 amide bonds. The van der Waals surface area contributed by atoms with Crippen LogP contribution in [0.25, 0.3) is 90.9 Å². The lowest BCUT2D eigenvalue weighted by molar-refractivity contribution is 0.411. The van der Waals surface area contributed by atoms with Crippen LogP contribution in [0.4, 0.5) is 0 Å². The summed E-state index contributed by atoms with van der Waals surface area (Å²) in [7, 11) is 0. The molecular formula is C81H93N9O2. The molecule has 0 unspecified atom stereocenters. The van der Waals surface area contributed by atoms with Crippen LogP contribution in [0.15, 0.2) is 258 Å². The molecule has 0 saturated carbocycles. The van der Waals surface area contributed by atoms with Crippen LogP contribution in [-0.4, -0.2) is 44.7 Å². The van der Waals surface area contributed by atoms with Crippen LogP contribution < -0.4 is 0 Å². The van der Waals surface area contributed by atoms with E-state index in [-0.39, 0.29) is 51.4 Å². The van der Waals surface area contributed by atoms with Crippen molar-refractivity contribution in [1.82, 2.24) is 44.7 Å². The molecule has 0 aliphatic carbocycles. The van der Waals surface area contributed by atoms with Crippen LogP contribution in [0.2, 0.25) is 0 Å². The van der Waals surface area contributed by atoms with E-state index < -0.39 is 0 Å². The Hall–Kier alpha value is -10.1. The quantitative estimate of drug-likeness (QED) is 0.146. The van der Waals surface area contributed by atoms with Crippen LogP contribution in [0, 0.1) is 0 Å². The maximum atomic E-state index is 5.76. The summed E-state index contributed by atoms with van der Waals surface area (Å²) in [6.07, 6.45) is 0. The van der Waals surface area contributed by atoms with E-state index in [1.807, 2.05) is 140 Å². The molecule has 4 aromatic heterocycles. The molecule has 92 heavy (non-hydrogen) atoms. The summed E-state index contributed by atoms with van der Waals surface area (Å²) in [6, 6.07) is 84.1. The number of hydrogen-bond acceptors (Lipinski definition) is 9. The molecule has 11 nitrogen and oxygen atoms in total. The monoisotopic (exact) mass is 1220 g/mol. The first-order valence-electron chi connectivity index (χ1n) is 29.9. The predicted molar refractivity (Wildman–Crippen MR) is 385 cm³/mol. The van der Waals surface area contributed by atoms with Gasteiger partial charge in [0, 0.05) is 50.2 Å². The highest BCUT2D eigenvalue weighted by Crippen LogP contribution is 2.34. The van der Waals surface area contributed by atoms with E-state index in [9.17, 15) is 0 Å². The lowest BCUT2D eigenvalue weighted by Crippen LogP contribution is -2.11. The van der Waals surface area contributed by atoms with Gasteiger partial charge in [0.15, 0.2) is 28.9 Å². The minimum Gasteiger partial charge on any atom is -0.440 e. The Morgan fingerprint density at radius 2 is 0.543 bits per heavy atom. The van der Waals surface area contributed by atoms with Crippen molar-refractivity contribution in [2.75, 3.05) is 0 Å². The fourth-order valence-corrected chi connectivity index (χ4v) is 9.72. The Morgan fingerprint density at radius 3 is 0.891 bits per heavy atom. The Bertz CT molecular complexity index is 4210. The normalized spacial score (nSPS) is 11.1. The molecule has 0 spiro atoms. The van der Waals surface area contributed by atoms with Gasteiger partial charge >= 0.3 is 0 Å². The minimum absolute atomic E-state index is 0. The third-order valence-electron chi connectivity index (χ3n) is 14.8. The number of benzene rings is 9. The summed E-state index contributed by atoms with van der Waals surface area (Å²) in [5, 5.41) is 26.4. The van der Waals surface area contributed by atoms with Crippen molar-refractivity contribution >= 4 is 11.1 Å². The second kappa shape index (κ2) is 30.6. The van der Waals surface area contributed by atoms with Gasteiger partial charge in [0.25, 0.3) is 0 Å². The van der Waals surface area contributed by atoms with E-state index >= 15 is 0 Å². The lowest BCUT2D eigenvalue weighted by Gasteiger charge is -2.20. The van der Waals surface area contributed by atoms with E-state index in [0.717, 1.165) is 85.0 Å². The molecule has 11 heteroatoms. The zero-order valence-corrected chi connectivity index (χ0v) is 52.5. The van der Waals surface area contributed by atoms with Gasteiger partial charge in [-0.1, -0.05) is 301 Å². The summed E-state index contributed by atoms with van der Waals surface area (Å²) < 4.78 is 15.6. The highest BCUT2D eigenvalue weighted by Gasteiger charge is 2.23. The molecule has 0 radical (unpaired) electrons. The van der Waals surface area contributed by atoms with Gasteiger partial charge in [-0.15, -0.1) is 30.6 Å². The van der Waals surface area contributed by atoms with Crippen molar-refractivity contribution in [3.05, 3.63) is 271 Å². The minimum atomic E-state index is -0.0149. The number of fused-ring (bicyclic) bond motifs is 1. The first-order chi connectivity index (χ1) is 42.2. The molecule has 13 rings (SSSR count). The Kier molecular flexibility index (Phi) is 23.6. The molecule has 0 aliphatic rings. The molecule has 0 fully saturated rings. The first-order valence-corrected chi connectivity index (χ1v) is 29.9. The van der Waals surface area contributed by atoms with Crippen LogP contribution in [0.1, 0.15) is 135 Å². The zero-order chi connectivity index (χ0) is 62.1. The van der Waals surface area contributed by atoms with Crippen LogP contribution in [0.3, 0.4) is 0 Å². The fraction of sp³-hybridized carbons (Fsp3) is 0.247. The smallest absolute Gasteiger partial charge is 0.248 e. The molecule has 0 saturated heterocycles. The summed E-state index contributed by atoms with van der Waals surface area (Å²) in [6.45, 7) is 26.2. The van der Waals surface area contributed by atoms with Crippen molar-refractivity contribution in [1.29, 1.82) is 0 Å². The average molecular weight is 1220 g/mol. The fourth-order valence-electron chi connectivity index (χ4n) is 9.72. The molecule has 0 atom stereocenters. The number of aromatic nitrogens is 9. The molecular weight excluding hydrogens is 1130 g/mol. The third-order valence-corrected chi connectivity index (χ3v) is 14.8. The van der Waals surface area contributed by atoms with Crippen molar-refractivity contribution in [3.63, 3.8) is 0 Å².